The van der Waals surface area contributed by atoms with Gasteiger partial charge in [0, 0.05) is 17.9 Å². The average molecular weight is 819 g/mol. The molecule has 0 aliphatic heterocycles. The molecule has 0 aliphatic rings. The number of hydrogen-bond acceptors (Lipinski definition) is 3. The van der Waals surface area contributed by atoms with Crippen LogP contribution in [0.1, 0.15) is 166 Å². The molecule has 0 aromatic carbocycles. The van der Waals surface area contributed by atoms with Crippen molar-refractivity contribution in [1.82, 2.24) is 14.7 Å². The first kappa shape index (κ1) is 55.0. The van der Waals surface area contributed by atoms with Crippen LogP contribution in [0.4, 0.5) is 0 Å². The van der Waals surface area contributed by atoms with Crippen LogP contribution in [0.15, 0.2) is 15.0 Å². The number of nitrogens with zero attached hydrogens (tertiary/aromatic N) is 9. The zero-order valence-electron chi connectivity index (χ0n) is 37.0. The summed E-state index contributed by atoms with van der Waals surface area (Å²) in [6.45, 7) is 51.3. The van der Waals surface area contributed by atoms with E-state index < -0.39 is 0 Å². The Kier molecular flexibility index (Phi) is 32.2. The maximum atomic E-state index is 4.64. The Labute approximate surface area is 341 Å². The Hall–Kier alpha value is -0.813. The molecule has 0 fully saturated rings. The fourth-order valence-electron chi connectivity index (χ4n) is 5.06. The van der Waals surface area contributed by atoms with E-state index in [-0.39, 0.29) is 78.0 Å². The average Bonchev–Trinajstić information content (AvgIpc) is 2.80. The fraction of sp³-hybridized carbons (Fsp3) is 0.923. The van der Waals surface area contributed by atoms with Gasteiger partial charge >= 0.3 is 41.7 Å². The summed E-state index contributed by atoms with van der Waals surface area (Å²) in [4.78, 5) is 20.7. The molecule has 0 aromatic heterocycles. The Morgan fingerprint density at radius 3 is 0.531 bits per heavy atom. The van der Waals surface area contributed by atoms with Gasteiger partial charge in [-0.3, -0.25) is 0 Å². The molecule has 0 unspecified atom stereocenters. The number of guanidine groups is 3. The first-order chi connectivity index (χ1) is 21.8. The largest absolute Gasteiger partial charge is 3.00 e. The second kappa shape index (κ2) is 28.7. The van der Waals surface area contributed by atoms with E-state index in [2.05, 4.69) is 212 Å². The number of aliphatic imine (C=N–C) groups is 3. The molecule has 1 radical (unpaired) electrons. The third-order valence-corrected chi connectivity index (χ3v) is 6.27. The minimum absolute atomic E-state index is 0. The van der Waals surface area contributed by atoms with Crippen LogP contribution in [0, 0.1) is 41.7 Å². The molecule has 0 heterocycles. The minimum atomic E-state index is 0. The molecule has 0 aliphatic carbocycles. The summed E-state index contributed by atoms with van der Waals surface area (Å²) >= 11 is 0. The summed E-state index contributed by atoms with van der Waals surface area (Å²) in [5.74, 6) is 2.69. The summed E-state index contributed by atoms with van der Waals surface area (Å²) in [5, 5.41) is 13.9. The molecule has 289 valence electrons. The molecule has 0 aromatic rings. The fourth-order valence-corrected chi connectivity index (χ4v) is 5.06. The van der Waals surface area contributed by atoms with Crippen LogP contribution >= 0.6 is 0 Å². The van der Waals surface area contributed by atoms with E-state index >= 15 is 0 Å². The van der Waals surface area contributed by atoms with Gasteiger partial charge in [-0.1, -0.05) is 166 Å². The standard InChI is InChI=1S/3C13H28N3.Ce/c3*1-9(2)14-13(15-10(3)4)16(11(5)6)12(7)8;/h3*9-12H,1-8H3;/q3*-1;+3. The summed E-state index contributed by atoms with van der Waals surface area (Å²) in [5.41, 5.74) is 0. The number of hydrogen-bond donors (Lipinski definition) is 0. The molecule has 0 amide bonds. The van der Waals surface area contributed by atoms with Gasteiger partial charge < -0.3 is 45.6 Å². The van der Waals surface area contributed by atoms with Crippen LogP contribution in [-0.2, 0) is 0 Å². The van der Waals surface area contributed by atoms with Gasteiger partial charge in [-0.05, 0) is 72.5 Å². The molecule has 10 heteroatoms. The van der Waals surface area contributed by atoms with Crippen LogP contribution in [0.2, 0.25) is 0 Å². The normalized spacial score (nSPS) is 12.9. The van der Waals surface area contributed by atoms with E-state index in [4.69, 9.17) is 0 Å². The van der Waals surface area contributed by atoms with Gasteiger partial charge in [0.15, 0.2) is 0 Å². The van der Waals surface area contributed by atoms with Gasteiger partial charge in [-0.15, -0.1) is 0 Å². The van der Waals surface area contributed by atoms with Crippen molar-refractivity contribution in [2.24, 2.45) is 15.0 Å². The molecular formula is C39H84CeN9. The maximum absolute atomic E-state index is 4.64. The second-order valence-electron chi connectivity index (χ2n) is 16.0. The van der Waals surface area contributed by atoms with Crippen LogP contribution < -0.4 is 0 Å². The van der Waals surface area contributed by atoms with Crippen molar-refractivity contribution >= 4 is 17.9 Å². The minimum Gasteiger partial charge on any atom is -0.421 e. The Morgan fingerprint density at radius 1 is 0.306 bits per heavy atom. The molecule has 0 bridgehead atoms. The van der Waals surface area contributed by atoms with Gasteiger partial charge in [-0.25, -0.2) is 0 Å². The molecule has 0 spiro atoms. The van der Waals surface area contributed by atoms with Gasteiger partial charge in [-0.2, -0.15) is 0 Å². The van der Waals surface area contributed by atoms with E-state index in [1.54, 1.807) is 0 Å². The number of rotatable bonds is 12. The maximum Gasteiger partial charge on any atom is 3.00 e. The predicted octanol–water partition coefficient (Wildman–Crippen LogP) is 11.0. The monoisotopic (exact) mass is 819 g/mol. The SMILES string of the molecule is CC(C)N=C([N-]C(C)C)N(C(C)C)C(C)C.CC(C)N=C([N-]C(C)C)N(C(C)C)C(C)C.CC(C)N=C([N-]C(C)C)N(C(C)C)C(C)C.[Ce+3]. The predicted molar refractivity (Wildman–Crippen MR) is 220 cm³/mol. The Balaban J connectivity index is -0.000000307. The van der Waals surface area contributed by atoms with Crippen molar-refractivity contribution in [3.05, 3.63) is 16.0 Å². The zero-order chi connectivity index (χ0) is 38.6. The Bertz CT molecular complexity index is 749. The van der Waals surface area contributed by atoms with E-state index in [1.807, 2.05) is 0 Å². The van der Waals surface area contributed by atoms with Crippen molar-refractivity contribution in [3.63, 3.8) is 0 Å². The van der Waals surface area contributed by atoms with Crippen molar-refractivity contribution in [2.75, 3.05) is 0 Å². The molecular weight excluding hydrogens is 735 g/mol. The van der Waals surface area contributed by atoms with Crippen molar-refractivity contribution in [3.8, 4) is 0 Å². The molecule has 0 rings (SSSR count). The molecule has 0 saturated carbocycles. The summed E-state index contributed by atoms with van der Waals surface area (Å²) in [6, 6.07) is 4.32. The van der Waals surface area contributed by atoms with Crippen LogP contribution in [0.5, 0.6) is 0 Å². The first-order valence-corrected chi connectivity index (χ1v) is 19.0. The van der Waals surface area contributed by atoms with E-state index in [9.17, 15) is 0 Å². The molecule has 0 N–H and O–H groups in total. The quantitative estimate of drug-likeness (QED) is 0.145. The molecule has 0 atom stereocenters. The van der Waals surface area contributed by atoms with E-state index in [0.29, 0.717) is 36.3 Å². The summed E-state index contributed by atoms with van der Waals surface area (Å²) in [7, 11) is 0. The second-order valence-corrected chi connectivity index (χ2v) is 16.0. The van der Waals surface area contributed by atoms with Crippen LogP contribution in [0.25, 0.3) is 16.0 Å². The van der Waals surface area contributed by atoms with Gasteiger partial charge in [0.1, 0.15) is 0 Å². The molecule has 9 nitrogen and oxygen atoms in total. The third-order valence-electron chi connectivity index (χ3n) is 6.27. The van der Waals surface area contributed by atoms with Crippen molar-refractivity contribution in [1.29, 1.82) is 0 Å². The van der Waals surface area contributed by atoms with Gasteiger partial charge in [0.05, 0.1) is 0 Å². The Morgan fingerprint density at radius 2 is 0.449 bits per heavy atom. The summed E-state index contributed by atoms with van der Waals surface area (Å²) in [6.07, 6.45) is 0. The summed E-state index contributed by atoms with van der Waals surface area (Å²) < 4.78 is 0. The molecule has 0 saturated heterocycles. The first-order valence-electron chi connectivity index (χ1n) is 19.0. The van der Waals surface area contributed by atoms with Crippen LogP contribution in [0.3, 0.4) is 0 Å². The molecule has 49 heavy (non-hydrogen) atoms. The van der Waals surface area contributed by atoms with Crippen LogP contribution in [-0.4, -0.2) is 105 Å². The van der Waals surface area contributed by atoms with Crippen molar-refractivity contribution in [2.45, 2.75) is 239 Å². The smallest absolute Gasteiger partial charge is 0.421 e. The zero-order valence-corrected chi connectivity index (χ0v) is 40.1. The third kappa shape index (κ3) is 27.5. The van der Waals surface area contributed by atoms with Crippen molar-refractivity contribution < 1.29 is 41.7 Å². The topological polar surface area (TPSA) is 89.1 Å². The van der Waals surface area contributed by atoms with E-state index in [1.165, 1.54) is 0 Å². The van der Waals surface area contributed by atoms with E-state index in [0.717, 1.165) is 17.9 Å². The van der Waals surface area contributed by atoms with Gasteiger partial charge in [0.2, 0.25) is 0 Å². The van der Waals surface area contributed by atoms with Gasteiger partial charge in [0.25, 0.3) is 0 Å².